The van der Waals surface area contributed by atoms with E-state index in [1.54, 1.807) is 12.1 Å². The van der Waals surface area contributed by atoms with Crippen LogP contribution in [0.1, 0.15) is 43.0 Å². The van der Waals surface area contributed by atoms with Crippen LogP contribution in [0.25, 0.3) is 0 Å². The van der Waals surface area contributed by atoms with Gasteiger partial charge < -0.3 is 14.3 Å². The lowest BCUT2D eigenvalue weighted by Gasteiger charge is -2.21. The second kappa shape index (κ2) is 10.1. The zero-order valence-corrected chi connectivity index (χ0v) is 17.6. The summed E-state index contributed by atoms with van der Waals surface area (Å²) >= 11 is 1.94. The van der Waals surface area contributed by atoms with E-state index < -0.39 is 14.3 Å². The van der Waals surface area contributed by atoms with Crippen molar-refractivity contribution in [2.75, 3.05) is 6.61 Å². The maximum Gasteiger partial charge on any atom is 0.336 e. The number of halogens is 1. The van der Waals surface area contributed by atoms with Crippen molar-refractivity contribution in [1.29, 1.82) is 0 Å². The van der Waals surface area contributed by atoms with Crippen molar-refractivity contribution < 1.29 is 23.9 Å². The molecular weight excluding hydrogens is 439 g/mol. The molecule has 0 atom stereocenters. The Kier molecular flexibility index (Phi) is 8.93. The molecule has 7 heteroatoms. The molecule has 1 rings (SSSR count). The second-order valence-corrected chi connectivity index (χ2v) is 11.6. The van der Waals surface area contributed by atoms with Crippen LogP contribution in [-0.4, -0.2) is 32.0 Å². The first-order chi connectivity index (χ1) is 11.2. The average Bonchev–Trinajstić information content (AvgIpc) is 2.48. The summed E-state index contributed by atoms with van der Waals surface area (Å²) in [7, 11) is -1.54. The molecule has 0 unspecified atom stereocenters. The van der Waals surface area contributed by atoms with E-state index in [1.807, 2.05) is 29.5 Å². The Balaban J connectivity index is 2.35. The van der Waals surface area contributed by atoms with Crippen LogP contribution in [0.4, 0.5) is 0 Å². The summed E-state index contributed by atoms with van der Waals surface area (Å²) in [5.74, 6) is -1.07. The van der Waals surface area contributed by atoms with Gasteiger partial charge in [0, 0.05) is 16.6 Å². The van der Waals surface area contributed by atoms with Gasteiger partial charge in [0.1, 0.15) is 5.75 Å². The molecule has 0 fully saturated rings. The standard InChI is InChI=1S/C17H25IO5Si/c1-4-22-24(2,3)11-7-5-6-8-16(19)23-13-9-10-15(18)14(12-13)17(20)21/h9-10,12H,4-8,11H2,1-3H3,(H,20,21). The van der Waals surface area contributed by atoms with Crippen LogP contribution in [0.5, 0.6) is 5.75 Å². The number of carbonyl (C=O) groups excluding carboxylic acids is 1. The molecule has 0 radical (unpaired) electrons. The minimum atomic E-state index is -1.54. The fourth-order valence-electron chi connectivity index (χ4n) is 2.37. The van der Waals surface area contributed by atoms with Crippen molar-refractivity contribution in [2.24, 2.45) is 0 Å². The molecule has 24 heavy (non-hydrogen) atoms. The molecule has 5 nitrogen and oxygen atoms in total. The number of hydrogen-bond acceptors (Lipinski definition) is 4. The van der Waals surface area contributed by atoms with Gasteiger partial charge in [-0.2, -0.15) is 0 Å². The smallest absolute Gasteiger partial charge is 0.336 e. The van der Waals surface area contributed by atoms with E-state index in [4.69, 9.17) is 14.3 Å². The molecule has 0 spiro atoms. The number of unbranched alkanes of at least 4 members (excludes halogenated alkanes) is 2. The Bertz CT molecular complexity index is 574. The normalized spacial score (nSPS) is 11.3. The van der Waals surface area contributed by atoms with Gasteiger partial charge in [0.2, 0.25) is 0 Å². The monoisotopic (exact) mass is 464 g/mol. The van der Waals surface area contributed by atoms with Crippen LogP contribution >= 0.6 is 22.6 Å². The topological polar surface area (TPSA) is 72.8 Å². The van der Waals surface area contributed by atoms with Crippen molar-refractivity contribution >= 4 is 42.8 Å². The molecule has 1 aromatic rings. The van der Waals surface area contributed by atoms with Crippen LogP contribution in [-0.2, 0) is 9.22 Å². The van der Waals surface area contributed by atoms with E-state index in [-0.39, 0.29) is 17.3 Å². The molecule has 0 saturated heterocycles. The number of carboxylic acid groups (broad SMARTS) is 1. The van der Waals surface area contributed by atoms with Crippen molar-refractivity contribution in [2.45, 2.75) is 51.7 Å². The highest BCUT2D eigenvalue weighted by Crippen LogP contribution is 2.21. The van der Waals surface area contributed by atoms with Crippen LogP contribution in [0, 0.1) is 3.57 Å². The molecule has 0 bridgehead atoms. The van der Waals surface area contributed by atoms with Gasteiger partial charge in [-0.3, -0.25) is 4.79 Å². The lowest BCUT2D eigenvalue weighted by Crippen LogP contribution is -2.29. The molecule has 0 heterocycles. The number of aromatic carboxylic acids is 1. The lowest BCUT2D eigenvalue weighted by atomic mass is 10.2. The Labute approximate surface area is 158 Å². The Morgan fingerprint density at radius 2 is 1.92 bits per heavy atom. The summed E-state index contributed by atoms with van der Waals surface area (Å²) in [5, 5.41) is 9.08. The van der Waals surface area contributed by atoms with Crippen molar-refractivity contribution in [3.63, 3.8) is 0 Å². The molecule has 0 saturated carbocycles. The van der Waals surface area contributed by atoms with Gasteiger partial charge in [-0.1, -0.05) is 12.8 Å². The first kappa shape index (κ1) is 21.1. The summed E-state index contributed by atoms with van der Waals surface area (Å²) < 4.78 is 11.6. The van der Waals surface area contributed by atoms with Crippen LogP contribution in [0.3, 0.4) is 0 Å². The molecule has 0 aromatic heterocycles. The summed E-state index contributed by atoms with van der Waals surface area (Å²) in [6.45, 7) is 7.20. The van der Waals surface area contributed by atoms with Crippen molar-refractivity contribution in [3.8, 4) is 5.75 Å². The van der Waals surface area contributed by atoms with Crippen LogP contribution < -0.4 is 4.74 Å². The van der Waals surface area contributed by atoms with Gasteiger partial charge in [-0.15, -0.1) is 0 Å². The zero-order chi connectivity index (χ0) is 18.2. The third-order valence-corrected chi connectivity index (χ3v) is 7.16. The Morgan fingerprint density at radius 3 is 2.54 bits per heavy atom. The van der Waals surface area contributed by atoms with Gasteiger partial charge >= 0.3 is 11.9 Å². The van der Waals surface area contributed by atoms with E-state index in [9.17, 15) is 9.59 Å². The highest BCUT2D eigenvalue weighted by molar-refractivity contribution is 14.1. The molecular formula is C17H25IO5Si. The number of rotatable bonds is 10. The first-order valence-electron chi connectivity index (χ1n) is 8.12. The molecule has 0 aliphatic heterocycles. The number of carboxylic acids is 1. The second-order valence-electron chi connectivity index (χ2n) is 6.17. The Hall–Kier alpha value is -0.933. The molecule has 0 aliphatic rings. The number of benzene rings is 1. The summed E-state index contributed by atoms with van der Waals surface area (Å²) in [6.07, 6.45) is 3.13. The van der Waals surface area contributed by atoms with E-state index in [1.165, 1.54) is 6.07 Å². The van der Waals surface area contributed by atoms with Gasteiger partial charge in [0.15, 0.2) is 8.32 Å². The fraction of sp³-hybridized carbons (Fsp3) is 0.529. The minimum Gasteiger partial charge on any atom is -0.478 e. The van der Waals surface area contributed by atoms with E-state index in [0.717, 1.165) is 31.9 Å². The molecule has 0 aliphatic carbocycles. The van der Waals surface area contributed by atoms with Gasteiger partial charge in [0.25, 0.3) is 0 Å². The average molecular weight is 464 g/mol. The van der Waals surface area contributed by atoms with Crippen LogP contribution in [0.15, 0.2) is 18.2 Å². The quantitative estimate of drug-likeness (QED) is 0.179. The summed E-state index contributed by atoms with van der Waals surface area (Å²) in [6, 6.07) is 5.72. The van der Waals surface area contributed by atoms with Crippen molar-refractivity contribution in [1.82, 2.24) is 0 Å². The predicted octanol–water partition coefficient (Wildman–Crippen LogP) is 4.70. The van der Waals surface area contributed by atoms with E-state index >= 15 is 0 Å². The van der Waals surface area contributed by atoms with Crippen molar-refractivity contribution in [3.05, 3.63) is 27.3 Å². The highest BCUT2D eigenvalue weighted by Gasteiger charge is 2.20. The SMILES string of the molecule is CCO[Si](C)(C)CCCCCC(=O)Oc1ccc(I)c(C(=O)O)c1. The predicted molar refractivity (Wildman–Crippen MR) is 104 cm³/mol. The van der Waals surface area contributed by atoms with E-state index in [2.05, 4.69) is 13.1 Å². The van der Waals surface area contributed by atoms with Gasteiger partial charge in [-0.05, 0) is 73.3 Å². The molecule has 134 valence electrons. The number of hydrogen-bond donors (Lipinski definition) is 1. The fourth-order valence-corrected chi connectivity index (χ4v) is 4.97. The molecule has 0 amide bonds. The Morgan fingerprint density at radius 1 is 1.21 bits per heavy atom. The largest absolute Gasteiger partial charge is 0.478 e. The summed E-state index contributed by atoms with van der Waals surface area (Å²) in [4.78, 5) is 22.9. The maximum absolute atomic E-state index is 11.9. The highest BCUT2D eigenvalue weighted by atomic mass is 127. The number of esters is 1. The third-order valence-electron chi connectivity index (χ3n) is 3.59. The summed E-state index contributed by atoms with van der Waals surface area (Å²) in [5.41, 5.74) is 0.143. The number of ether oxygens (including phenoxy) is 1. The minimum absolute atomic E-state index is 0.143. The maximum atomic E-state index is 11.9. The van der Waals surface area contributed by atoms with Gasteiger partial charge in [-0.25, -0.2) is 4.79 Å². The van der Waals surface area contributed by atoms with Gasteiger partial charge in [0.05, 0.1) is 5.56 Å². The molecule has 1 N–H and O–H groups in total. The van der Waals surface area contributed by atoms with Crippen LogP contribution in [0.2, 0.25) is 19.1 Å². The number of carbonyl (C=O) groups is 2. The third kappa shape index (κ3) is 7.76. The first-order valence-corrected chi connectivity index (χ1v) is 12.3. The zero-order valence-electron chi connectivity index (χ0n) is 14.4. The molecule has 1 aromatic carbocycles. The van der Waals surface area contributed by atoms with E-state index in [0.29, 0.717) is 9.99 Å². The lowest BCUT2D eigenvalue weighted by molar-refractivity contribution is -0.134.